The third-order valence-corrected chi connectivity index (χ3v) is 9.71. The van der Waals surface area contributed by atoms with E-state index in [0.29, 0.717) is 37.0 Å². The molecular formula is C32H31F3N6O3. The molecule has 3 aliphatic heterocycles. The molecule has 1 amide bonds. The third kappa shape index (κ3) is 4.41. The number of piperidine rings is 1. The van der Waals surface area contributed by atoms with Crippen LogP contribution in [-0.4, -0.2) is 44.1 Å². The van der Waals surface area contributed by atoms with Gasteiger partial charge in [0.05, 0.1) is 18.4 Å². The fraction of sp³-hybridized carbons (Fsp3) is 0.406. The molecule has 3 atom stereocenters. The summed E-state index contributed by atoms with van der Waals surface area (Å²) in [6.07, 6.45) is 6.19. The van der Waals surface area contributed by atoms with Crippen LogP contribution in [0.3, 0.4) is 0 Å². The summed E-state index contributed by atoms with van der Waals surface area (Å²) >= 11 is 0. The lowest BCUT2D eigenvalue weighted by atomic mass is 9.99. The van der Waals surface area contributed by atoms with Crippen molar-refractivity contribution in [1.29, 1.82) is 0 Å². The third-order valence-electron chi connectivity index (χ3n) is 9.71. The van der Waals surface area contributed by atoms with Gasteiger partial charge in [0.1, 0.15) is 11.9 Å². The summed E-state index contributed by atoms with van der Waals surface area (Å²) in [7, 11) is 0. The zero-order valence-corrected chi connectivity index (χ0v) is 24.3. The average Bonchev–Trinajstić information content (AvgIpc) is 3.30. The van der Waals surface area contributed by atoms with Crippen LogP contribution in [0.5, 0.6) is 0 Å². The first-order valence-corrected chi connectivity index (χ1v) is 14.9. The lowest BCUT2D eigenvalue weighted by molar-refractivity contribution is -0.122. The fourth-order valence-corrected chi connectivity index (χ4v) is 7.30. The molecular weight excluding hydrogens is 573 g/mol. The lowest BCUT2D eigenvalue weighted by Gasteiger charge is -2.32. The predicted molar refractivity (Wildman–Crippen MR) is 157 cm³/mol. The van der Waals surface area contributed by atoms with E-state index in [1.165, 1.54) is 6.20 Å². The van der Waals surface area contributed by atoms with Crippen molar-refractivity contribution in [3.63, 3.8) is 0 Å². The molecule has 44 heavy (non-hydrogen) atoms. The van der Waals surface area contributed by atoms with E-state index in [2.05, 4.69) is 29.1 Å². The van der Waals surface area contributed by atoms with Gasteiger partial charge in [-0.15, -0.1) is 0 Å². The van der Waals surface area contributed by atoms with Gasteiger partial charge in [0.15, 0.2) is 11.6 Å². The van der Waals surface area contributed by atoms with Gasteiger partial charge in [0.2, 0.25) is 11.9 Å². The maximum absolute atomic E-state index is 15.0. The fourth-order valence-electron chi connectivity index (χ4n) is 7.30. The number of hydrogen-bond acceptors (Lipinski definition) is 6. The van der Waals surface area contributed by atoms with Gasteiger partial charge in [-0.1, -0.05) is 38.5 Å². The number of pyridine rings is 1. The Hall–Kier alpha value is -4.48. The molecule has 8 rings (SSSR count). The van der Waals surface area contributed by atoms with E-state index < -0.39 is 41.4 Å². The van der Waals surface area contributed by atoms with Gasteiger partial charge in [0.25, 0.3) is 0 Å². The number of halogens is 3. The number of carbonyl (C=O) groups is 1. The number of hydrogen-bond donors (Lipinski definition) is 1. The highest BCUT2D eigenvalue weighted by atomic mass is 19.2. The van der Waals surface area contributed by atoms with Gasteiger partial charge < -0.3 is 10.2 Å². The standard InChI is InChI=1S/C32H31F3N6O3/c1-32(2)20-16-39-27(26(20)32)28(42)37-10-5-3-4-7-17-8-6-9-18-13-36-14-24(25(17)18)41-30(43)38-29(39)40(31(41)44)15-19-11-22(34)23(35)12-21(19)33/h6,8-9,11-14,20,26-27H,3-5,7,10,15-16H2,1-2H3,(H,37,42)/t20-,26-,27-/m0/s1. The average molecular weight is 605 g/mol. The van der Waals surface area contributed by atoms with Gasteiger partial charge in [0, 0.05) is 41.7 Å². The Morgan fingerprint density at radius 2 is 1.80 bits per heavy atom. The zero-order chi connectivity index (χ0) is 30.9. The van der Waals surface area contributed by atoms with Crippen LogP contribution in [0.15, 0.2) is 52.3 Å². The Balaban J connectivity index is 1.49. The molecule has 0 radical (unpaired) electrons. The predicted octanol–water partition coefficient (Wildman–Crippen LogP) is 3.71. The minimum Gasteiger partial charge on any atom is -0.354 e. The number of benzene rings is 2. The second-order valence-corrected chi connectivity index (χ2v) is 12.6. The Morgan fingerprint density at radius 1 is 1.00 bits per heavy atom. The molecule has 4 aromatic rings. The number of nitrogens with one attached hydrogen (secondary N) is 1. The molecule has 12 heteroatoms. The molecule has 228 valence electrons. The van der Waals surface area contributed by atoms with Crippen molar-refractivity contribution >= 4 is 22.6 Å². The molecule has 1 N–H and O–H groups in total. The second kappa shape index (κ2) is 10.3. The molecule has 4 aliphatic rings. The summed E-state index contributed by atoms with van der Waals surface area (Å²) in [6, 6.07) is 6.04. The smallest absolute Gasteiger partial charge is 0.354 e. The Kier molecular flexibility index (Phi) is 6.63. The first-order valence-electron chi connectivity index (χ1n) is 14.9. The van der Waals surface area contributed by atoms with Crippen molar-refractivity contribution < 1.29 is 18.0 Å². The first kappa shape index (κ1) is 28.3. The molecule has 2 bridgehead atoms. The first-order chi connectivity index (χ1) is 21.1. The molecule has 2 aromatic heterocycles. The second-order valence-electron chi connectivity index (χ2n) is 12.6. The van der Waals surface area contributed by atoms with Gasteiger partial charge in [-0.3, -0.25) is 14.3 Å². The van der Waals surface area contributed by atoms with Gasteiger partial charge in [-0.25, -0.2) is 27.3 Å². The minimum absolute atomic E-state index is 0.0565. The van der Waals surface area contributed by atoms with Crippen LogP contribution in [0.2, 0.25) is 0 Å². The number of rotatable bonds is 2. The van der Waals surface area contributed by atoms with Crippen molar-refractivity contribution in [1.82, 2.24) is 24.4 Å². The van der Waals surface area contributed by atoms with Gasteiger partial charge in [-0.05, 0) is 48.1 Å². The number of carbonyl (C=O) groups excluding carboxylic acids is 1. The number of anilines is 1. The van der Waals surface area contributed by atoms with E-state index in [0.717, 1.165) is 39.3 Å². The Bertz CT molecular complexity index is 1950. The van der Waals surface area contributed by atoms with E-state index in [1.54, 1.807) is 11.1 Å². The molecule has 9 nitrogen and oxygen atoms in total. The van der Waals surface area contributed by atoms with Crippen molar-refractivity contribution in [2.75, 3.05) is 18.0 Å². The van der Waals surface area contributed by atoms with Gasteiger partial charge >= 0.3 is 11.4 Å². The topological polar surface area (TPSA) is 102 Å². The molecule has 1 saturated carbocycles. The van der Waals surface area contributed by atoms with E-state index in [9.17, 15) is 27.6 Å². The largest absolute Gasteiger partial charge is 0.359 e. The molecule has 5 heterocycles. The summed E-state index contributed by atoms with van der Waals surface area (Å²) in [6.45, 7) is 4.40. The Morgan fingerprint density at radius 3 is 2.61 bits per heavy atom. The Labute approximate surface area is 250 Å². The SMILES string of the molecule is CC1(C)[C@@H]2[C@H]3C(=O)NCCCCCc4cccc5cncc(c45)-n4c(=O)nc(n(Cc5cc(F)c(F)cc5F)c4=O)N3C[C@@H]21. The van der Waals surface area contributed by atoms with Crippen molar-refractivity contribution in [2.24, 2.45) is 17.3 Å². The van der Waals surface area contributed by atoms with Crippen LogP contribution in [0.4, 0.5) is 19.1 Å². The lowest BCUT2D eigenvalue weighted by Crippen LogP contribution is -2.52. The molecule has 2 fully saturated rings. The number of aromatic nitrogens is 4. The van der Waals surface area contributed by atoms with Crippen LogP contribution in [-0.2, 0) is 17.8 Å². The molecule has 2 aromatic carbocycles. The highest BCUT2D eigenvalue weighted by Gasteiger charge is 2.69. The number of amides is 1. The summed E-state index contributed by atoms with van der Waals surface area (Å²) in [5.41, 5.74) is -1.07. The van der Waals surface area contributed by atoms with Crippen LogP contribution in [0, 0.1) is 34.7 Å². The molecule has 0 unspecified atom stereocenters. The van der Waals surface area contributed by atoms with Crippen molar-refractivity contribution in [3.8, 4) is 5.69 Å². The van der Waals surface area contributed by atoms with Gasteiger partial charge in [-0.2, -0.15) is 4.98 Å². The molecule has 0 spiro atoms. The summed E-state index contributed by atoms with van der Waals surface area (Å²) < 4.78 is 45.1. The van der Waals surface area contributed by atoms with E-state index in [4.69, 9.17) is 0 Å². The number of nitrogens with zero attached hydrogens (tertiary/aromatic N) is 5. The maximum atomic E-state index is 15.0. The van der Waals surface area contributed by atoms with Crippen LogP contribution >= 0.6 is 0 Å². The van der Waals surface area contributed by atoms with Crippen molar-refractivity contribution in [3.05, 3.63) is 92.3 Å². The summed E-state index contributed by atoms with van der Waals surface area (Å²) in [4.78, 5) is 52.2. The highest BCUT2D eigenvalue weighted by molar-refractivity contribution is 5.92. The molecule has 1 aliphatic carbocycles. The summed E-state index contributed by atoms with van der Waals surface area (Å²) in [5, 5.41) is 4.44. The van der Waals surface area contributed by atoms with E-state index in [1.807, 2.05) is 18.2 Å². The van der Waals surface area contributed by atoms with Crippen LogP contribution in [0.25, 0.3) is 16.5 Å². The highest BCUT2D eigenvalue weighted by Crippen LogP contribution is 2.65. The zero-order valence-electron chi connectivity index (χ0n) is 24.3. The van der Waals surface area contributed by atoms with Crippen LogP contribution < -0.4 is 21.6 Å². The van der Waals surface area contributed by atoms with E-state index >= 15 is 0 Å². The summed E-state index contributed by atoms with van der Waals surface area (Å²) in [5.74, 6) is -4.03. The van der Waals surface area contributed by atoms with E-state index in [-0.39, 0.29) is 40.4 Å². The number of fused-ring (bicyclic) bond motifs is 9. The van der Waals surface area contributed by atoms with Crippen molar-refractivity contribution in [2.45, 2.75) is 52.1 Å². The normalized spacial score (nSPS) is 22.5. The monoisotopic (exact) mass is 604 g/mol. The molecule has 1 saturated heterocycles. The number of aryl methyl sites for hydroxylation is 1. The maximum Gasteiger partial charge on any atom is 0.359 e. The minimum atomic E-state index is -1.36. The van der Waals surface area contributed by atoms with Crippen LogP contribution in [0.1, 0.15) is 44.2 Å². The quantitative estimate of drug-likeness (QED) is 0.350.